The van der Waals surface area contributed by atoms with Gasteiger partial charge in [0.15, 0.2) is 0 Å². The van der Waals surface area contributed by atoms with Crippen LogP contribution in [0.3, 0.4) is 0 Å². The number of ether oxygens (including phenoxy) is 1. The summed E-state index contributed by atoms with van der Waals surface area (Å²) in [7, 11) is 0. The quantitative estimate of drug-likeness (QED) is 0.457. The highest BCUT2D eigenvalue weighted by Crippen LogP contribution is 1.73. The van der Waals surface area contributed by atoms with Crippen molar-refractivity contribution in [1.82, 2.24) is 5.32 Å². The summed E-state index contributed by atoms with van der Waals surface area (Å²) in [5, 5.41) is 2.43. The van der Waals surface area contributed by atoms with Crippen LogP contribution in [0.1, 0.15) is 0 Å². The van der Waals surface area contributed by atoms with E-state index in [2.05, 4.69) is 10.1 Å². The summed E-state index contributed by atoms with van der Waals surface area (Å²) in [4.78, 5) is 10.5. The molecule has 0 aliphatic heterocycles. The zero-order valence-electron chi connectivity index (χ0n) is 5.80. The number of hydrogen-bond donors (Lipinski definition) is 3. The van der Waals surface area contributed by atoms with Gasteiger partial charge in [-0.05, 0) is 0 Å². The highest BCUT2D eigenvalue weighted by atomic mass is 16.5. The van der Waals surface area contributed by atoms with Crippen LogP contribution in [0, 0.1) is 0 Å². The third kappa shape index (κ3) is 5.33. The normalized spacial score (nSPS) is 9.00. The molecule has 0 heterocycles. The van der Waals surface area contributed by atoms with Crippen LogP contribution in [-0.2, 0) is 4.74 Å². The van der Waals surface area contributed by atoms with Crippen molar-refractivity contribution in [3.8, 4) is 0 Å². The minimum absolute atomic E-state index is 0.246. The largest absolute Gasteiger partial charge is 0.448 e. The monoisotopic (exact) mass is 147 g/mol. The molecule has 0 aliphatic carbocycles. The van der Waals surface area contributed by atoms with Crippen LogP contribution in [0.15, 0.2) is 0 Å². The Morgan fingerprint density at radius 2 is 2.10 bits per heavy atom. The fourth-order valence-electron chi connectivity index (χ4n) is 0.377. The molecule has 5 nitrogen and oxygen atoms in total. The predicted octanol–water partition coefficient (Wildman–Crippen LogP) is -1.37. The summed E-state index contributed by atoms with van der Waals surface area (Å²) < 4.78 is 4.56. The standard InChI is InChI=1S/C5H13N3O2/c6-1-3-8-5(9)10-4-2-7/h1-4,6-7H2,(H,8,9). The van der Waals surface area contributed by atoms with Gasteiger partial charge in [-0.3, -0.25) is 0 Å². The van der Waals surface area contributed by atoms with Crippen molar-refractivity contribution in [1.29, 1.82) is 0 Å². The fourth-order valence-corrected chi connectivity index (χ4v) is 0.377. The van der Waals surface area contributed by atoms with Gasteiger partial charge in [0.25, 0.3) is 0 Å². The van der Waals surface area contributed by atoms with Crippen molar-refractivity contribution >= 4 is 6.09 Å². The molecule has 0 radical (unpaired) electrons. The van der Waals surface area contributed by atoms with Crippen molar-refractivity contribution in [2.45, 2.75) is 0 Å². The molecular formula is C5H13N3O2. The molecule has 1 amide bonds. The molecule has 0 atom stereocenters. The summed E-state index contributed by atoms with van der Waals surface area (Å²) in [5.41, 5.74) is 10.2. The lowest BCUT2D eigenvalue weighted by Gasteiger charge is -2.02. The zero-order chi connectivity index (χ0) is 7.82. The third-order valence-electron chi connectivity index (χ3n) is 0.765. The summed E-state index contributed by atoms with van der Waals surface area (Å²) in [6.45, 7) is 1.44. The number of carbonyl (C=O) groups is 1. The Morgan fingerprint density at radius 3 is 2.60 bits per heavy atom. The Balaban J connectivity index is 3.09. The van der Waals surface area contributed by atoms with Gasteiger partial charge in [-0.1, -0.05) is 0 Å². The Bertz CT molecular complexity index is 86.9. The SMILES string of the molecule is NCCNC(=O)OCCN. The van der Waals surface area contributed by atoms with E-state index in [0.717, 1.165) is 0 Å². The lowest BCUT2D eigenvalue weighted by Crippen LogP contribution is -2.30. The Hall–Kier alpha value is -0.810. The van der Waals surface area contributed by atoms with E-state index in [1.54, 1.807) is 0 Å². The van der Waals surface area contributed by atoms with Crippen LogP contribution in [0.2, 0.25) is 0 Å². The first-order valence-electron chi connectivity index (χ1n) is 3.12. The van der Waals surface area contributed by atoms with Gasteiger partial charge in [0, 0.05) is 19.6 Å². The second-order valence-electron chi connectivity index (χ2n) is 1.64. The van der Waals surface area contributed by atoms with Crippen molar-refractivity contribution in [3.63, 3.8) is 0 Å². The number of alkyl carbamates (subject to hydrolysis) is 1. The van der Waals surface area contributed by atoms with Gasteiger partial charge in [-0.25, -0.2) is 4.79 Å². The number of hydrogen-bond acceptors (Lipinski definition) is 4. The van der Waals surface area contributed by atoms with Crippen LogP contribution in [0.25, 0.3) is 0 Å². The molecule has 0 aromatic rings. The van der Waals surface area contributed by atoms with Gasteiger partial charge in [-0.15, -0.1) is 0 Å². The van der Waals surface area contributed by atoms with Crippen LogP contribution in [-0.4, -0.2) is 32.3 Å². The lowest BCUT2D eigenvalue weighted by atomic mass is 10.6. The van der Waals surface area contributed by atoms with Crippen LogP contribution >= 0.6 is 0 Å². The molecule has 0 unspecified atom stereocenters. The van der Waals surface area contributed by atoms with Crippen molar-refractivity contribution in [2.75, 3.05) is 26.2 Å². The molecule has 60 valence electrons. The van der Waals surface area contributed by atoms with Crippen molar-refractivity contribution < 1.29 is 9.53 Å². The first kappa shape index (κ1) is 9.19. The number of rotatable bonds is 4. The van der Waals surface area contributed by atoms with Gasteiger partial charge in [-0.2, -0.15) is 0 Å². The topological polar surface area (TPSA) is 90.4 Å². The lowest BCUT2D eigenvalue weighted by molar-refractivity contribution is 0.150. The molecule has 0 bridgehead atoms. The smallest absolute Gasteiger partial charge is 0.407 e. The fraction of sp³-hybridized carbons (Fsp3) is 0.800. The van der Waals surface area contributed by atoms with Gasteiger partial charge in [0.1, 0.15) is 6.61 Å². The molecule has 10 heavy (non-hydrogen) atoms. The molecular weight excluding hydrogens is 134 g/mol. The molecule has 0 aromatic carbocycles. The number of nitrogens with one attached hydrogen (secondary N) is 1. The van der Waals surface area contributed by atoms with Crippen molar-refractivity contribution in [2.24, 2.45) is 11.5 Å². The molecule has 0 aromatic heterocycles. The van der Waals surface area contributed by atoms with Crippen LogP contribution in [0.4, 0.5) is 4.79 Å². The summed E-state index contributed by atoms with van der Waals surface area (Å²) in [6.07, 6.45) is -0.462. The maximum Gasteiger partial charge on any atom is 0.407 e. The van der Waals surface area contributed by atoms with E-state index in [4.69, 9.17) is 11.5 Å². The van der Waals surface area contributed by atoms with E-state index in [-0.39, 0.29) is 6.61 Å². The Kier molecular flexibility index (Phi) is 5.80. The Labute approximate surface area is 59.7 Å². The molecule has 0 spiro atoms. The second-order valence-corrected chi connectivity index (χ2v) is 1.64. The van der Waals surface area contributed by atoms with E-state index < -0.39 is 6.09 Å². The van der Waals surface area contributed by atoms with E-state index in [9.17, 15) is 4.79 Å². The molecule has 0 rings (SSSR count). The average molecular weight is 147 g/mol. The van der Waals surface area contributed by atoms with Crippen molar-refractivity contribution in [3.05, 3.63) is 0 Å². The Morgan fingerprint density at radius 1 is 1.40 bits per heavy atom. The zero-order valence-corrected chi connectivity index (χ0v) is 5.80. The second kappa shape index (κ2) is 6.31. The minimum Gasteiger partial charge on any atom is -0.448 e. The predicted molar refractivity (Wildman–Crippen MR) is 37.5 cm³/mol. The summed E-state index contributed by atoms with van der Waals surface area (Å²) >= 11 is 0. The molecule has 0 fully saturated rings. The van der Waals surface area contributed by atoms with Gasteiger partial charge >= 0.3 is 6.09 Å². The maximum absolute atomic E-state index is 10.5. The molecule has 0 saturated carbocycles. The maximum atomic E-state index is 10.5. The highest BCUT2D eigenvalue weighted by molar-refractivity contribution is 5.67. The van der Waals surface area contributed by atoms with Gasteiger partial charge in [0.2, 0.25) is 0 Å². The molecule has 5 N–H and O–H groups in total. The van der Waals surface area contributed by atoms with Crippen LogP contribution in [0.5, 0.6) is 0 Å². The van der Waals surface area contributed by atoms with E-state index in [1.807, 2.05) is 0 Å². The highest BCUT2D eigenvalue weighted by Gasteiger charge is 1.96. The average Bonchev–Trinajstić information content (AvgIpc) is 1.97. The number of nitrogens with two attached hydrogens (primary N) is 2. The molecule has 5 heteroatoms. The van der Waals surface area contributed by atoms with Gasteiger partial charge in [0.05, 0.1) is 0 Å². The van der Waals surface area contributed by atoms with Gasteiger partial charge < -0.3 is 21.5 Å². The van der Waals surface area contributed by atoms with E-state index in [0.29, 0.717) is 19.6 Å². The number of carbonyl (C=O) groups excluding carboxylic acids is 1. The molecule has 0 aliphatic rings. The first-order valence-corrected chi connectivity index (χ1v) is 3.12. The van der Waals surface area contributed by atoms with E-state index >= 15 is 0 Å². The van der Waals surface area contributed by atoms with Crippen LogP contribution < -0.4 is 16.8 Å². The number of amides is 1. The minimum atomic E-state index is -0.462. The molecule has 0 saturated heterocycles. The summed E-state index contributed by atoms with van der Waals surface area (Å²) in [6, 6.07) is 0. The van der Waals surface area contributed by atoms with E-state index in [1.165, 1.54) is 0 Å². The summed E-state index contributed by atoms with van der Waals surface area (Å²) in [5.74, 6) is 0. The third-order valence-corrected chi connectivity index (χ3v) is 0.765. The first-order chi connectivity index (χ1) is 4.81.